The smallest absolute Gasteiger partial charge is 0.119 e. The molecule has 90 valence electrons. The molecule has 0 amide bonds. The Bertz CT molecular complexity index is 471. The van der Waals surface area contributed by atoms with Crippen LogP contribution in [0.1, 0.15) is 5.56 Å². The molecule has 2 N–H and O–H groups in total. The van der Waals surface area contributed by atoms with Crippen LogP contribution in [-0.2, 0) is 13.1 Å². The van der Waals surface area contributed by atoms with Crippen LogP contribution in [0.5, 0.6) is 5.75 Å². The van der Waals surface area contributed by atoms with Crippen LogP contribution in [-0.4, -0.2) is 16.4 Å². The van der Waals surface area contributed by atoms with Crippen LogP contribution in [0.15, 0.2) is 41.1 Å². The maximum Gasteiger partial charge on any atom is 0.119 e. The highest BCUT2D eigenvalue weighted by Gasteiger charge is 2.01. The van der Waals surface area contributed by atoms with Crippen molar-refractivity contribution in [2.45, 2.75) is 13.1 Å². The highest BCUT2D eigenvalue weighted by molar-refractivity contribution is 9.10. The first kappa shape index (κ1) is 12.1. The molecule has 0 saturated heterocycles. The maximum absolute atomic E-state index is 5.64. The molecule has 0 aliphatic heterocycles. The number of nitrogens with two attached hydrogens (primary N) is 1. The van der Waals surface area contributed by atoms with Gasteiger partial charge in [-0.1, -0.05) is 15.9 Å². The summed E-state index contributed by atoms with van der Waals surface area (Å²) in [4.78, 5) is 0. The average Bonchev–Trinajstić information content (AvgIpc) is 2.84. The van der Waals surface area contributed by atoms with Gasteiger partial charge in [0.25, 0.3) is 0 Å². The van der Waals surface area contributed by atoms with Gasteiger partial charge >= 0.3 is 0 Å². The van der Waals surface area contributed by atoms with Crippen molar-refractivity contribution in [3.63, 3.8) is 0 Å². The van der Waals surface area contributed by atoms with E-state index in [1.165, 1.54) is 0 Å². The zero-order valence-corrected chi connectivity index (χ0v) is 10.9. The summed E-state index contributed by atoms with van der Waals surface area (Å²) in [5.41, 5.74) is 6.67. The Hall–Kier alpha value is -1.33. The number of ether oxygens (including phenoxy) is 1. The lowest BCUT2D eigenvalue weighted by Crippen LogP contribution is -2.08. The van der Waals surface area contributed by atoms with Gasteiger partial charge in [-0.15, -0.1) is 0 Å². The van der Waals surface area contributed by atoms with E-state index in [2.05, 4.69) is 21.0 Å². The van der Waals surface area contributed by atoms with E-state index in [0.717, 1.165) is 22.3 Å². The van der Waals surface area contributed by atoms with E-state index in [0.29, 0.717) is 13.2 Å². The van der Waals surface area contributed by atoms with Crippen molar-refractivity contribution in [2.75, 3.05) is 6.61 Å². The van der Waals surface area contributed by atoms with Crippen LogP contribution in [0.2, 0.25) is 0 Å². The molecule has 0 spiro atoms. The first-order valence-electron chi connectivity index (χ1n) is 5.38. The van der Waals surface area contributed by atoms with E-state index in [-0.39, 0.29) is 0 Å². The zero-order chi connectivity index (χ0) is 12.1. The molecular formula is C12H14BrN3O. The minimum absolute atomic E-state index is 0.497. The van der Waals surface area contributed by atoms with E-state index in [1.54, 1.807) is 6.20 Å². The van der Waals surface area contributed by atoms with Crippen LogP contribution < -0.4 is 10.5 Å². The second-order valence-corrected chi connectivity index (χ2v) is 4.43. The summed E-state index contributed by atoms with van der Waals surface area (Å²) >= 11 is 3.44. The van der Waals surface area contributed by atoms with E-state index in [1.807, 2.05) is 35.1 Å². The Balaban J connectivity index is 1.90. The number of rotatable bonds is 5. The Morgan fingerprint density at radius 3 is 3.00 bits per heavy atom. The average molecular weight is 296 g/mol. The fraction of sp³-hybridized carbons (Fsp3) is 0.250. The third-order valence-corrected chi connectivity index (χ3v) is 3.16. The van der Waals surface area contributed by atoms with Gasteiger partial charge in [-0.2, -0.15) is 5.10 Å². The fourth-order valence-electron chi connectivity index (χ4n) is 1.49. The van der Waals surface area contributed by atoms with Gasteiger partial charge in [0.15, 0.2) is 0 Å². The number of benzene rings is 1. The molecular weight excluding hydrogens is 282 g/mol. The molecule has 0 saturated carbocycles. The standard InChI is InChI=1S/C12H14BrN3O/c13-12-3-2-11(8-10(12)9-14)17-7-6-16-5-1-4-15-16/h1-5,8H,6-7,9,14H2. The lowest BCUT2D eigenvalue weighted by Gasteiger charge is -2.08. The maximum atomic E-state index is 5.64. The molecule has 0 fully saturated rings. The molecule has 2 rings (SSSR count). The van der Waals surface area contributed by atoms with Crippen LogP contribution >= 0.6 is 15.9 Å². The molecule has 0 aliphatic rings. The summed E-state index contributed by atoms with van der Waals surface area (Å²) in [6.45, 7) is 1.82. The number of aromatic nitrogens is 2. The normalized spacial score (nSPS) is 10.5. The first-order valence-corrected chi connectivity index (χ1v) is 6.17. The Kier molecular flexibility index (Phi) is 4.17. The molecule has 2 aromatic rings. The van der Waals surface area contributed by atoms with Crippen molar-refractivity contribution in [3.8, 4) is 5.75 Å². The highest BCUT2D eigenvalue weighted by atomic mass is 79.9. The van der Waals surface area contributed by atoms with Crippen molar-refractivity contribution in [3.05, 3.63) is 46.7 Å². The molecule has 17 heavy (non-hydrogen) atoms. The molecule has 0 atom stereocenters. The number of nitrogens with zero attached hydrogens (tertiary/aromatic N) is 2. The minimum Gasteiger partial charge on any atom is -0.492 e. The largest absolute Gasteiger partial charge is 0.492 e. The molecule has 0 unspecified atom stereocenters. The van der Waals surface area contributed by atoms with E-state index < -0.39 is 0 Å². The summed E-state index contributed by atoms with van der Waals surface area (Å²) in [5, 5.41) is 4.10. The van der Waals surface area contributed by atoms with Crippen LogP contribution in [0, 0.1) is 0 Å². The van der Waals surface area contributed by atoms with Gasteiger partial charge in [-0.25, -0.2) is 0 Å². The van der Waals surface area contributed by atoms with Crippen molar-refractivity contribution in [1.29, 1.82) is 0 Å². The molecule has 0 radical (unpaired) electrons. The van der Waals surface area contributed by atoms with Gasteiger partial charge in [0, 0.05) is 23.4 Å². The number of halogens is 1. The van der Waals surface area contributed by atoms with Gasteiger partial charge in [-0.05, 0) is 29.8 Å². The molecule has 0 aliphatic carbocycles. The lowest BCUT2D eigenvalue weighted by molar-refractivity contribution is 0.291. The van der Waals surface area contributed by atoms with Gasteiger partial charge < -0.3 is 10.5 Å². The van der Waals surface area contributed by atoms with Crippen molar-refractivity contribution < 1.29 is 4.74 Å². The zero-order valence-electron chi connectivity index (χ0n) is 9.34. The van der Waals surface area contributed by atoms with Crippen molar-refractivity contribution in [2.24, 2.45) is 5.73 Å². The Morgan fingerprint density at radius 2 is 2.29 bits per heavy atom. The quantitative estimate of drug-likeness (QED) is 0.920. The molecule has 0 bridgehead atoms. The van der Waals surface area contributed by atoms with Crippen LogP contribution in [0.3, 0.4) is 0 Å². The fourth-order valence-corrected chi connectivity index (χ4v) is 1.90. The lowest BCUT2D eigenvalue weighted by atomic mass is 10.2. The monoisotopic (exact) mass is 295 g/mol. The highest BCUT2D eigenvalue weighted by Crippen LogP contribution is 2.22. The van der Waals surface area contributed by atoms with Crippen molar-refractivity contribution in [1.82, 2.24) is 9.78 Å². The second-order valence-electron chi connectivity index (χ2n) is 3.57. The van der Waals surface area contributed by atoms with E-state index in [9.17, 15) is 0 Å². The third-order valence-electron chi connectivity index (χ3n) is 2.39. The van der Waals surface area contributed by atoms with Gasteiger partial charge in [0.05, 0.1) is 6.54 Å². The number of hydrogen-bond acceptors (Lipinski definition) is 3. The summed E-state index contributed by atoms with van der Waals surface area (Å²) in [5.74, 6) is 0.834. The number of hydrogen-bond donors (Lipinski definition) is 1. The SMILES string of the molecule is NCc1cc(OCCn2cccn2)ccc1Br. The van der Waals surface area contributed by atoms with Gasteiger partial charge in [0.2, 0.25) is 0 Å². The minimum atomic E-state index is 0.497. The summed E-state index contributed by atoms with van der Waals surface area (Å²) in [6.07, 6.45) is 3.67. The predicted octanol–water partition coefficient (Wildman–Crippen LogP) is 2.18. The summed E-state index contributed by atoms with van der Waals surface area (Å²) < 4.78 is 8.49. The topological polar surface area (TPSA) is 53.1 Å². The Morgan fingerprint density at radius 1 is 1.41 bits per heavy atom. The van der Waals surface area contributed by atoms with E-state index in [4.69, 9.17) is 10.5 Å². The predicted molar refractivity (Wildman–Crippen MR) is 69.8 cm³/mol. The molecule has 5 heteroatoms. The Labute approximate surface area is 109 Å². The first-order chi connectivity index (χ1) is 8.29. The van der Waals surface area contributed by atoms with E-state index >= 15 is 0 Å². The molecule has 4 nitrogen and oxygen atoms in total. The van der Waals surface area contributed by atoms with Crippen molar-refractivity contribution >= 4 is 15.9 Å². The van der Waals surface area contributed by atoms with Crippen LogP contribution in [0.25, 0.3) is 0 Å². The van der Waals surface area contributed by atoms with Gasteiger partial charge in [-0.3, -0.25) is 4.68 Å². The van der Waals surface area contributed by atoms with Crippen LogP contribution in [0.4, 0.5) is 0 Å². The van der Waals surface area contributed by atoms with Gasteiger partial charge in [0.1, 0.15) is 12.4 Å². The summed E-state index contributed by atoms with van der Waals surface area (Å²) in [6, 6.07) is 7.72. The third kappa shape index (κ3) is 3.31. The molecule has 1 heterocycles. The molecule has 1 aromatic carbocycles. The summed E-state index contributed by atoms with van der Waals surface area (Å²) in [7, 11) is 0. The molecule has 1 aromatic heterocycles. The second kappa shape index (κ2) is 5.84.